The van der Waals surface area contributed by atoms with Gasteiger partial charge in [-0.05, 0) is 98.8 Å². The molecule has 0 saturated carbocycles. The molecule has 34 heavy (non-hydrogen) atoms. The maximum absolute atomic E-state index is 11.2. The van der Waals surface area contributed by atoms with Crippen LogP contribution >= 0.6 is 7.92 Å². The van der Waals surface area contributed by atoms with E-state index in [1.165, 1.54) is 60.5 Å². The minimum Gasteiger partial charge on any atom is -0.372 e. The van der Waals surface area contributed by atoms with Gasteiger partial charge in [-0.15, -0.1) is 0 Å². The van der Waals surface area contributed by atoms with Gasteiger partial charge in [0.05, 0.1) is 4.92 Å². The maximum Gasteiger partial charge on any atom is 0.269 e. The molecule has 0 aromatic heterocycles. The van der Waals surface area contributed by atoms with Gasteiger partial charge in [0.15, 0.2) is 0 Å². The minimum absolute atomic E-state index is 0.139. The quantitative estimate of drug-likeness (QED) is 0.276. The van der Waals surface area contributed by atoms with E-state index in [1.807, 2.05) is 12.1 Å². The molecule has 0 unspecified atom stereocenters. The fraction of sp³-hybridized carbons (Fsp3) is 0.357. The van der Waals surface area contributed by atoms with Crippen LogP contribution < -0.4 is 25.7 Å². The SMILES string of the molecule is O=[N+]([O-])c1ccc(P(c2ccc(N3CCCCC3)cc2)c2ccc(N3CCCCC3)cc2)cc1. The molecular weight excluding hydrogens is 441 g/mol. The summed E-state index contributed by atoms with van der Waals surface area (Å²) in [6.45, 7) is 4.53. The second-order valence-corrected chi connectivity index (χ2v) is 11.5. The normalized spacial score (nSPS) is 16.6. The zero-order valence-electron chi connectivity index (χ0n) is 19.6. The monoisotopic (exact) mass is 473 g/mol. The zero-order valence-corrected chi connectivity index (χ0v) is 20.5. The molecule has 2 saturated heterocycles. The molecule has 0 N–H and O–H groups in total. The molecule has 0 radical (unpaired) electrons. The molecule has 6 heteroatoms. The average Bonchev–Trinajstić information content (AvgIpc) is 2.91. The molecule has 3 aromatic carbocycles. The van der Waals surface area contributed by atoms with Gasteiger partial charge in [0.25, 0.3) is 5.69 Å². The van der Waals surface area contributed by atoms with E-state index < -0.39 is 7.92 Å². The molecule has 2 heterocycles. The zero-order chi connectivity index (χ0) is 23.3. The van der Waals surface area contributed by atoms with E-state index in [4.69, 9.17) is 0 Å². The van der Waals surface area contributed by atoms with Gasteiger partial charge < -0.3 is 9.80 Å². The highest BCUT2D eigenvalue weighted by molar-refractivity contribution is 7.79. The number of hydrogen-bond donors (Lipinski definition) is 0. The van der Waals surface area contributed by atoms with Crippen LogP contribution in [0, 0.1) is 10.1 Å². The highest BCUT2D eigenvalue weighted by atomic mass is 31.1. The minimum atomic E-state index is -0.797. The van der Waals surface area contributed by atoms with Crippen molar-refractivity contribution in [3.05, 3.63) is 82.9 Å². The van der Waals surface area contributed by atoms with Crippen molar-refractivity contribution in [2.45, 2.75) is 38.5 Å². The highest BCUT2D eigenvalue weighted by Crippen LogP contribution is 2.35. The Morgan fingerprint density at radius 1 is 0.559 bits per heavy atom. The number of nitro groups is 1. The van der Waals surface area contributed by atoms with Gasteiger partial charge >= 0.3 is 0 Å². The largest absolute Gasteiger partial charge is 0.372 e. The van der Waals surface area contributed by atoms with Crippen LogP contribution in [0.1, 0.15) is 38.5 Å². The van der Waals surface area contributed by atoms with Crippen LogP contribution in [0.2, 0.25) is 0 Å². The first-order chi connectivity index (χ1) is 16.7. The van der Waals surface area contributed by atoms with Crippen LogP contribution in [-0.4, -0.2) is 31.1 Å². The Balaban J connectivity index is 1.46. The van der Waals surface area contributed by atoms with Crippen molar-refractivity contribution in [1.29, 1.82) is 0 Å². The van der Waals surface area contributed by atoms with Crippen molar-refractivity contribution in [3.8, 4) is 0 Å². The Kier molecular flexibility index (Phi) is 7.10. The predicted molar refractivity (Wildman–Crippen MR) is 144 cm³/mol. The van der Waals surface area contributed by atoms with Crippen molar-refractivity contribution in [1.82, 2.24) is 0 Å². The Morgan fingerprint density at radius 2 is 0.912 bits per heavy atom. The lowest BCUT2D eigenvalue weighted by Gasteiger charge is -2.30. The number of piperidine rings is 2. The predicted octanol–water partition coefficient (Wildman–Crippen LogP) is 5.33. The number of benzene rings is 3. The van der Waals surface area contributed by atoms with Gasteiger partial charge in [0.2, 0.25) is 0 Å². The molecule has 2 fully saturated rings. The molecule has 2 aliphatic heterocycles. The summed E-state index contributed by atoms with van der Waals surface area (Å²) in [5.41, 5.74) is 2.73. The third kappa shape index (κ3) is 5.10. The summed E-state index contributed by atoms with van der Waals surface area (Å²) in [6.07, 6.45) is 7.71. The number of anilines is 2. The van der Waals surface area contributed by atoms with Gasteiger partial charge in [-0.25, -0.2) is 0 Å². The van der Waals surface area contributed by atoms with Crippen LogP contribution in [-0.2, 0) is 0 Å². The van der Waals surface area contributed by atoms with Gasteiger partial charge in [-0.3, -0.25) is 10.1 Å². The molecule has 5 nitrogen and oxygen atoms in total. The first-order valence-electron chi connectivity index (χ1n) is 12.4. The van der Waals surface area contributed by atoms with Gasteiger partial charge in [0.1, 0.15) is 0 Å². The molecule has 0 spiro atoms. The van der Waals surface area contributed by atoms with Gasteiger partial charge in [-0.1, -0.05) is 24.3 Å². The fourth-order valence-corrected chi connectivity index (χ4v) is 7.34. The summed E-state index contributed by atoms with van der Waals surface area (Å²) < 4.78 is 0. The number of hydrogen-bond acceptors (Lipinski definition) is 4. The van der Waals surface area contributed by atoms with Crippen molar-refractivity contribution < 1.29 is 4.92 Å². The van der Waals surface area contributed by atoms with E-state index in [-0.39, 0.29) is 10.6 Å². The Labute approximate surface area is 203 Å². The molecule has 3 aromatic rings. The van der Waals surface area contributed by atoms with Crippen molar-refractivity contribution >= 4 is 40.9 Å². The summed E-state index contributed by atoms with van der Waals surface area (Å²) in [5, 5.41) is 14.9. The summed E-state index contributed by atoms with van der Waals surface area (Å²) in [5.74, 6) is 0. The molecule has 5 rings (SSSR count). The fourth-order valence-electron chi connectivity index (χ4n) is 5.10. The van der Waals surface area contributed by atoms with E-state index in [9.17, 15) is 10.1 Å². The standard InChI is InChI=1S/C28H32N3O2P/c32-31(33)25-11-17-28(18-12-25)34(26-13-7-23(8-14-26)29-19-3-1-4-20-29)27-15-9-24(10-16-27)30-21-5-2-6-22-30/h7-18H,1-6,19-22H2. The number of nitro benzene ring substituents is 1. The molecule has 0 aliphatic carbocycles. The van der Waals surface area contributed by atoms with Crippen molar-refractivity contribution in [2.75, 3.05) is 36.0 Å². The smallest absolute Gasteiger partial charge is 0.269 e. The van der Waals surface area contributed by atoms with E-state index in [1.54, 1.807) is 12.1 Å². The third-order valence-corrected chi connectivity index (χ3v) is 9.42. The van der Waals surface area contributed by atoms with Crippen LogP contribution in [0.5, 0.6) is 0 Å². The summed E-state index contributed by atoms with van der Waals surface area (Å²) >= 11 is 0. The molecule has 176 valence electrons. The molecule has 0 amide bonds. The van der Waals surface area contributed by atoms with Crippen molar-refractivity contribution in [3.63, 3.8) is 0 Å². The number of non-ortho nitro benzene ring substituents is 1. The maximum atomic E-state index is 11.2. The van der Waals surface area contributed by atoms with E-state index in [2.05, 4.69) is 58.3 Å². The topological polar surface area (TPSA) is 49.6 Å². The molecule has 0 bridgehead atoms. The third-order valence-electron chi connectivity index (χ3n) is 6.98. The van der Waals surface area contributed by atoms with Crippen LogP contribution in [0.4, 0.5) is 17.1 Å². The van der Waals surface area contributed by atoms with E-state index in [0.29, 0.717) is 0 Å². The average molecular weight is 474 g/mol. The van der Waals surface area contributed by atoms with Crippen LogP contribution in [0.25, 0.3) is 0 Å². The number of nitrogens with zero attached hydrogens (tertiary/aromatic N) is 3. The van der Waals surface area contributed by atoms with Crippen molar-refractivity contribution in [2.24, 2.45) is 0 Å². The lowest BCUT2D eigenvalue weighted by Crippen LogP contribution is -2.30. The van der Waals surface area contributed by atoms with E-state index in [0.717, 1.165) is 31.5 Å². The Morgan fingerprint density at radius 3 is 1.26 bits per heavy atom. The Bertz CT molecular complexity index is 1030. The molecule has 2 aliphatic rings. The lowest BCUT2D eigenvalue weighted by atomic mass is 10.1. The van der Waals surface area contributed by atoms with Crippen LogP contribution in [0.15, 0.2) is 72.8 Å². The van der Waals surface area contributed by atoms with Gasteiger partial charge in [-0.2, -0.15) is 0 Å². The first kappa shape index (κ1) is 22.9. The summed E-state index contributed by atoms with van der Waals surface area (Å²) in [7, 11) is -0.797. The second kappa shape index (κ2) is 10.6. The van der Waals surface area contributed by atoms with Gasteiger partial charge in [0, 0.05) is 49.7 Å². The first-order valence-corrected chi connectivity index (χ1v) is 13.8. The molecule has 0 atom stereocenters. The summed E-state index contributed by atoms with van der Waals surface area (Å²) in [4.78, 5) is 15.8. The second-order valence-electron chi connectivity index (χ2n) is 9.24. The molecular formula is C28H32N3O2P. The van der Waals surface area contributed by atoms with Crippen LogP contribution in [0.3, 0.4) is 0 Å². The summed E-state index contributed by atoms with van der Waals surface area (Å²) in [6, 6.07) is 25.2. The number of rotatable bonds is 6. The Hall–Kier alpha value is -2.91. The van der Waals surface area contributed by atoms with E-state index >= 15 is 0 Å². The highest BCUT2D eigenvalue weighted by Gasteiger charge is 2.20. The lowest BCUT2D eigenvalue weighted by molar-refractivity contribution is -0.384.